The summed E-state index contributed by atoms with van der Waals surface area (Å²) < 4.78 is 15.9. The number of fused-ring (bicyclic) bond motifs is 1. The van der Waals surface area contributed by atoms with Crippen molar-refractivity contribution in [3.8, 4) is 28.6 Å². The molecule has 0 atom stereocenters. The fraction of sp³-hybridized carbons (Fsp3) is 0.105. The second kappa shape index (κ2) is 8.47. The van der Waals surface area contributed by atoms with Crippen molar-refractivity contribution in [1.29, 1.82) is 0 Å². The van der Waals surface area contributed by atoms with E-state index in [-0.39, 0.29) is 16.9 Å². The first-order valence-electron chi connectivity index (χ1n) is 8.43. The van der Waals surface area contributed by atoms with E-state index in [1.807, 2.05) is 0 Å². The second-order valence-electron chi connectivity index (χ2n) is 5.95. The number of hydrogen-bond donors (Lipinski definition) is 2. The summed E-state index contributed by atoms with van der Waals surface area (Å²) in [5, 5.41) is 17.5. The third-order valence-corrected chi connectivity index (χ3v) is 5.51. The van der Waals surface area contributed by atoms with Crippen LogP contribution in [-0.4, -0.2) is 40.2 Å². The SMILES string of the molecule is COc1ccc(Cl)cc1-c1nc(S/C(=C\c2cc3c(cc2Cl)OCO3)C(=O)O)n[nH]1. The van der Waals surface area contributed by atoms with Crippen LogP contribution in [0.3, 0.4) is 0 Å². The first-order valence-corrected chi connectivity index (χ1v) is 10.00. The van der Waals surface area contributed by atoms with Crippen molar-refractivity contribution in [2.75, 3.05) is 13.9 Å². The normalized spacial score (nSPS) is 12.8. The Bertz CT molecular complexity index is 1170. The molecule has 0 fully saturated rings. The second-order valence-corrected chi connectivity index (χ2v) is 7.81. The topological polar surface area (TPSA) is 107 Å². The van der Waals surface area contributed by atoms with E-state index in [1.165, 1.54) is 13.2 Å². The lowest BCUT2D eigenvalue weighted by molar-refractivity contribution is -0.131. The standard InChI is InChI=1S/C19H13Cl2N3O5S/c1-27-13-3-2-10(20)6-11(13)17-22-19(24-23-17)30-16(18(25)26)5-9-4-14-15(7-12(9)21)29-8-28-14/h2-7H,8H2,1H3,(H,25,26)(H,22,23,24)/b16-5-. The molecule has 0 saturated carbocycles. The molecule has 0 bridgehead atoms. The lowest BCUT2D eigenvalue weighted by Crippen LogP contribution is -1.97. The number of nitrogens with one attached hydrogen (secondary N) is 1. The third kappa shape index (κ3) is 4.18. The average Bonchev–Trinajstić information content (AvgIpc) is 3.36. The molecule has 2 heterocycles. The zero-order valence-electron chi connectivity index (χ0n) is 15.3. The first-order chi connectivity index (χ1) is 14.4. The van der Waals surface area contributed by atoms with Crippen molar-refractivity contribution in [2.24, 2.45) is 0 Å². The van der Waals surface area contributed by atoms with E-state index >= 15 is 0 Å². The lowest BCUT2D eigenvalue weighted by Gasteiger charge is -2.05. The van der Waals surface area contributed by atoms with Gasteiger partial charge in [0.25, 0.3) is 0 Å². The summed E-state index contributed by atoms with van der Waals surface area (Å²) in [4.78, 5) is 16.1. The van der Waals surface area contributed by atoms with E-state index < -0.39 is 5.97 Å². The van der Waals surface area contributed by atoms with Gasteiger partial charge < -0.3 is 19.3 Å². The minimum atomic E-state index is -1.15. The minimum absolute atomic E-state index is 0.0284. The van der Waals surface area contributed by atoms with Gasteiger partial charge in [-0.1, -0.05) is 23.2 Å². The molecular formula is C19H13Cl2N3O5S. The first kappa shape index (κ1) is 20.4. The highest BCUT2D eigenvalue weighted by Crippen LogP contribution is 2.39. The number of methoxy groups -OCH3 is 1. The molecule has 1 aliphatic heterocycles. The number of carboxylic acids is 1. The number of aromatic amines is 1. The minimum Gasteiger partial charge on any atom is -0.496 e. The number of carbonyl (C=O) groups is 1. The molecule has 0 radical (unpaired) electrons. The molecular weight excluding hydrogens is 453 g/mol. The Labute approximate surface area is 184 Å². The quantitative estimate of drug-likeness (QED) is 0.397. The van der Waals surface area contributed by atoms with Crippen molar-refractivity contribution < 1.29 is 24.1 Å². The molecule has 0 aliphatic carbocycles. The maximum absolute atomic E-state index is 11.8. The number of aromatic nitrogens is 3. The predicted molar refractivity (Wildman–Crippen MR) is 112 cm³/mol. The van der Waals surface area contributed by atoms with E-state index in [4.69, 9.17) is 37.4 Å². The van der Waals surface area contributed by atoms with Crippen LogP contribution in [0, 0.1) is 0 Å². The lowest BCUT2D eigenvalue weighted by atomic mass is 10.2. The number of ether oxygens (including phenoxy) is 3. The van der Waals surface area contributed by atoms with Gasteiger partial charge in [0.2, 0.25) is 11.9 Å². The zero-order chi connectivity index (χ0) is 21.3. The summed E-state index contributed by atoms with van der Waals surface area (Å²) in [6.45, 7) is 0.0896. The summed E-state index contributed by atoms with van der Waals surface area (Å²) in [5.41, 5.74) is 1.07. The molecule has 11 heteroatoms. The molecule has 30 heavy (non-hydrogen) atoms. The molecule has 3 aromatic rings. The summed E-state index contributed by atoms with van der Waals surface area (Å²) in [6.07, 6.45) is 1.42. The molecule has 2 N–H and O–H groups in total. The van der Waals surface area contributed by atoms with Crippen molar-refractivity contribution >= 4 is 47.0 Å². The molecule has 0 spiro atoms. The number of carboxylic acid groups (broad SMARTS) is 1. The Balaban J connectivity index is 1.64. The Morgan fingerprint density at radius 2 is 2.03 bits per heavy atom. The summed E-state index contributed by atoms with van der Waals surface area (Å²) in [7, 11) is 1.53. The highest BCUT2D eigenvalue weighted by atomic mass is 35.5. The van der Waals surface area contributed by atoms with Crippen LogP contribution < -0.4 is 14.2 Å². The van der Waals surface area contributed by atoms with Gasteiger partial charge in [-0.2, -0.15) is 0 Å². The van der Waals surface area contributed by atoms with Crippen LogP contribution >= 0.6 is 35.0 Å². The molecule has 0 saturated heterocycles. The van der Waals surface area contributed by atoms with Gasteiger partial charge in [-0.3, -0.25) is 5.10 Å². The van der Waals surface area contributed by atoms with Gasteiger partial charge in [-0.25, -0.2) is 9.78 Å². The van der Waals surface area contributed by atoms with E-state index in [2.05, 4.69) is 15.2 Å². The Morgan fingerprint density at radius 3 is 2.77 bits per heavy atom. The van der Waals surface area contributed by atoms with E-state index in [0.29, 0.717) is 44.2 Å². The zero-order valence-corrected chi connectivity index (χ0v) is 17.6. The van der Waals surface area contributed by atoms with E-state index in [9.17, 15) is 9.90 Å². The number of halogens is 2. The van der Waals surface area contributed by atoms with Gasteiger partial charge in [0.15, 0.2) is 17.3 Å². The molecule has 0 unspecified atom stereocenters. The van der Waals surface area contributed by atoms with Gasteiger partial charge in [-0.15, -0.1) is 5.10 Å². The van der Waals surface area contributed by atoms with Gasteiger partial charge >= 0.3 is 5.97 Å². The van der Waals surface area contributed by atoms with Crippen molar-refractivity contribution in [3.05, 3.63) is 50.8 Å². The van der Waals surface area contributed by atoms with Gasteiger partial charge in [0.05, 0.1) is 17.7 Å². The monoisotopic (exact) mass is 465 g/mol. The number of benzene rings is 2. The number of thioether (sulfide) groups is 1. The summed E-state index contributed by atoms with van der Waals surface area (Å²) in [6, 6.07) is 8.27. The van der Waals surface area contributed by atoms with Gasteiger partial charge in [0, 0.05) is 11.1 Å². The van der Waals surface area contributed by atoms with Crippen LogP contribution in [0.2, 0.25) is 10.0 Å². The maximum Gasteiger partial charge on any atom is 0.342 e. The van der Waals surface area contributed by atoms with E-state index in [0.717, 1.165) is 11.8 Å². The maximum atomic E-state index is 11.8. The third-order valence-electron chi connectivity index (χ3n) is 4.07. The largest absolute Gasteiger partial charge is 0.496 e. The summed E-state index contributed by atoms with van der Waals surface area (Å²) in [5.74, 6) is 0.792. The van der Waals surface area contributed by atoms with Crippen LogP contribution in [0.5, 0.6) is 17.2 Å². The molecule has 154 valence electrons. The van der Waals surface area contributed by atoms with Crippen molar-refractivity contribution in [1.82, 2.24) is 15.2 Å². The van der Waals surface area contributed by atoms with Crippen LogP contribution in [0.15, 0.2) is 40.4 Å². The number of rotatable bonds is 6. The highest BCUT2D eigenvalue weighted by Gasteiger charge is 2.19. The molecule has 4 rings (SSSR count). The average molecular weight is 466 g/mol. The molecule has 0 amide bonds. The highest BCUT2D eigenvalue weighted by molar-refractivity contribution is 8.04. The van der Waals surface area contributed by atoms with Crippen LogP contribution in [0.4, 0.5) is 0 Å². The van der Waals surface area contributed by atoms with Crippen LogP contribution in [-0.2, 0) is 4.79 Å². The number of nitrogens with zero attached hydrogens (tertiary/aromatic N) is 2. The van der Waals surface area contributed by atoms with Crippen molar-refractivity contribution in [3.63, 3.8) is 0 Å². The number of H-pyrrole nitrogens is 1. The summed E-state index contributed by atoms with van der Waals surface area (Å²) >= 11 is 13.2. The molecule has 8 nitrogen and oxygen atoms in total. The fourth-order valence-electron chi connectivity index (χ4n) is 2.70. The Kier molecular flexibility index (Phi) is 5.76. The van der Waals surface area contributed by atoms with Crippen LogP contribution in [0.25, 0.3) is 17.5 Å². The smallest absolute Gasteiger partial charge is 0.342 e. The number of aliphatic carboxylic acids is 1. The molecule has 1 aliphatic rings. The van der Waals surface area contributed by atoms with Gasteiger partial charge in [0.1, 0.15) is 10.7 Å². The number of hydrogen-bond acceptors (Lipinski definition) is 7. The van der Waals surface area contributed by atoms with E-state index in [1.54, 1.807) is 30.3 Å². The molecule has 2 aromatic carbocycles. The predicted octanol–water partition coefficient (Wildman–Crippen LogP) is 4.73. The molecule has 1 aromatic heterocycles. The Hall–Kier alpha value is -2.88. The van der Waals surface area contributed by atoms with Gasteiger partial charge in [-0.05, 0) is 47.7 Å². The van der Waals surface area contributed by atoms with Crippen molar-refractivity contribution in [2.45, 2.75) is 5.16 Å². The Morgan fingerprint density at radius 1 is 1.27 bits per heavy atom. The fourth-order valence-corrected chi connectivity index (χ4v) is 3.77. The van der Waals surface area contributed by atoms with Crippen LogP contribution in [0.1, 0.15) is 5.56 Å².